The first kappa shape index (κ1) is 11.9. The van der Waals surface area contributed by atoms with Crippen molar-refractivity contribution >= 4 is 21.7 Å². The van der Waals surface area contributed by atoms with E-state index in [-0.39, 0.29) is 0 Å². The molecule has 1 saturated heterocycles. The van der Waals surface area contributed by atoms with Crippen LogP contribution in [-0.4, -0.2) is 24.2 Å². The molecule has 3 nitrogen and oxygen atoms in total. The van der Waals surface area contributed by atoms with Crippen LogP contribution in [0.1, 0.15) is 24.8 Å². The third kappa shape index (κ3) is 3.19. The van der Waals surface area contributed by atoms with E-state index in [0.29, 0.717) is 6.10 Å². The summed E-state index contributed by atoms with van der Waals surface area (Å²) >= 11 is 3.44. The summed E-state index contributed by atoms with van der Waals surface area (Å²) in [7, 11) is 0. The smallest absolute Gasteiger partial charge is 0.126 e. The van der Waals surface area contributed by atoms with Gasteiger partial charge in [0.05, 0.1) is 6.10 Å². The molecule has 0 spiro atoms. The van der Waals surface area contributed by atoms with Crippen molar-refractivity contribution in [3.05, 3.63) is 22.3 Å². The second-order valence-corrected chi connectivity index (χ2v) is 5.04. The Hall–Kier alpha value is -0.610. The highest BCUT2D eigenvalue weighted by molar-refractivity contribution is 9.10. The number of anilines is 1. The highest BCUT2D eigenvalue weighted by Gasteiger charge is 2.13. The molecular formula is C12H17BrN2O. The number of pyridine rings is 1. The zero-order valence-corrected chi connectivity index (χ0v) is 11.1. The maximum absolute atomic E-state index is 5.65. The van der Waals surface area contributed by atoms with Gasteiger partial charge in [0, 0.05) is 23.8 Å². The quantitative estimate of drug-likeness (QED) is 0.926. The highest BCUT2D eigenvalue weighted by atomic mass is 79.9. The van der Waals surface area contributed by atoms with Gasteiger partial charge in [0.15, 0.2) is 0 Å². The lowest BCUT2D eigenvalue weighted by atomic mass is 10.1. The highest BCUT2D eigenvalue weighted by Crippen LogP contribution is 2.18. The number of hydrogen-bond donors (Lipinski definition) is 1. The van der Waals surface area contributed by atoms with Crippen molar-refractivity contribution in [2.24, 2.45) is 0 Å². The summed E-state index contributed by atoms with van der Waals surface area (Å²) in [6.07, 6.45) is 5.81. The summed E-state index contributed by atoms with van der Waals surface area (Å²) in [6, 6.07) is 2.05. The van der Waals surface area contributed by atoms with Crippen LogP contribution < -0.4 is 5.32 Å². The molecule has 0 amide bonds. The number of aryl methyl sites for hydroxylation is 1. The number of aromatic nitrogens is 1. The number of nitrogens with one attached hydrogen (secondary N) is 1. The Kier molecular flexibility index (Phi) is 4.18. The van der Waals surface area contributed by atoms with E-state index in [1.54, 1.807) is 0 Å². The van der Waals surface area contributed by atoms with E-state index in [9.17, 15) is 0 Å². The van der Waals surface area contributed by atoms with Crippen LogP contribution >= 0.6 is 15.9 Å². The number of rotatable bonds is 3. The van der Waals surface area contributed by atoms with E-state index in [4.69, 9.17) is 4.74 Å². The van der Waals surface area contributed by atoms with Crippen LogP contribution in [0.2, 0.25) is 0 Å². The van der Waals surface area contributed by atoms with Crippen molar-refractivity contribution in [1.29, 1.82) is 0 Å². The molecule has 1 N–H and O–H groups in total. The fourth-order valence-corrected chi connectivity index (χ4v) is 2.04. The molecule has 1 aromatic heterocycles. The zero-order valence-electron chi connectivity index (χ0n) is 9.50. The van der Waals surface area contributed by atoms with Gasteiger partial charge in [-0.05, 0) is 53.7 Å². The Morgan fingerprint density at radius 2 is 2.44 bits per heavy atom. The summed E-state index contributed by atoms with van der Waals surface area (Å²) in [4.78, 5) is 4.31. The topological polar surface area (TPSA) is 34.1 Å². The van der Waals surface area contributed by atoms with Gasteiger partial charge in [-0.25, -0.2) is 4.98 Å². The van der Waals surface area contributed by atoms with Crippen LogP contribution in [0.4, 0.5) is 5.82 Å². The molecule has 0 bridgehead atoms. The Bertz CT molecular complexity index is 351. The number of halogens is 1. The molecule has 88 valence electrons. The van der Waals surface area contributed by atoms with Crippen LogP contribution in [0.5, 0.6) is 0 Å². The molecule has 16 heavy (non-hydrogen) atoms. The van der Waals surface area contributed by atoms with Gasteiger partial charge >= 0.3 is 0 Å². The molecule has 1 unspecified atom stereocenters. The van der Waals surface area contributed by atoms with Crippen molar-refractivity contribution < 1.29 is 4.74 Å². The van der Waals surface area contributed by atoms with Crippen molar-refractivity contribution in [1.82, 2.24) is 4.98 Å². The fraction of sp³-hybridized carbons (Fsp3) is 0.583. The monoisotopic (exact) mass is 284 g/mol. The Balaban J connectivity index is 1.86. The zero-order chi connectivity index (χ0) is 11.4. The predicted molar refractivity (Wildman–Crippen MR) is 68.8 cm³/mol. The molecule has 4 heteroatoms. The molecule has 1 fully saturated rings. The van der Waals surface area contributed by atoms with Crippen LogP contribution in [0.25, 0.3) is 0 Å². The fourth-order valence-electron chi connectivity index (χ4n) is 1.82. The summed E-state index contributed by atoms with van der Waals surface area (Å²) in [5.74, 6) is 0.926. The minimum atomic E-state index is 0.347. The van der Waals surface area contributed by atoms with Crippen LogP contribution in [0, 0.1) is 6.92 Å². The van der Waals surface area contributed by atoms with Gasteiger partial charge in [0.25, 0.3) is 0 Å². The largest absolute Gasteiger partial charge is 0.376 e. The van der Waals surface area contributed by atoms with Gasteiger partial charge in [-0.2, -0.15) is 0 Å². The van der Waals surface area contributed by atoms with Gasteiger partial charge in [0.2, 0.25) is 0 Å². The van der Waals surface area contributed by atoms with E-state index in [1.165, 1.54) is 18.4 Å². The predicted octanol–water partition coefficient (Wildman–Crippen LogP) is 3.13. The number of hydrogen-bond acceptors (Lipinski definition) is 3. The van der Waals surface area contributed by atoms with Gasteiger partial charge in [-0.1, -0.05) is 0 Å². The van der Waals surface area contributed by atoms with Gasteiger partial charge in [-0.15, -0.1) is 0 Å². The first-order chi connectivity index (χ1) is 7.75. The maximum Gasteiger partial charge on any atom is 0.126 e. The molecule has 0 aliphatic carbocycles. The summed E-state index contributed by atoms with van der Waals surface area (Å²) in [6.45, 7) is 3.82. The van der Waals surface area contributed by atoms with Crippen molar-refractivity contribution in [2.45, 2.75) is 32.3 Å². The lowest BCUT2D eigenvalue weighted by molar-refractivity contribution is 0.0247. The first-order valence-electron chi connectivity index (χ1n) is 5.73. The van der Waals surface area contributed by atoms with Crippen LogP contribution in [0.3, 0.4) is 0 Å². The van der Waals surface area contributed by atoms with E-state index in [2.05, 4.69) is 33.2 Å². The molecule has 1 aliphatic heterocycles. The number of ether oxygens (including phenoxy) is 1. The maximum atomic E-state index is 5.65. The molecule has 0 radical (unpaired) electrons. The first-order valence-corrected chi connectivity index (χ1v) is 6.52. The van der Waals surface area contributed by atoms with E-state index in [1.807, 2.05) is 12.3 Å². The van der Waals surface area contributed by atoms with E-state index in [0.717, 1.165) is 29.9 Å². The van der Waals surface area contributed by atoms with E-state index >= 15 is 0 Å². The Morgan fingerprint density at radius 3 is 3.12 bits per heavy atom. The lowest BCUT2D eigenvalue weighted by Gasteiger charge is -2.23. The average molecular weight is 285 g/mol. The second kappa shape index (κ2) is 5.64. The van der Waals surface area contributed by atoms with Crippen molar-refractivity contribution in [2.75, 3.05) is 18.5 Å². The van der Waals surface area contributed by atoms with Crippen molar-refractivity contribution in [3.8, 4) is 0 Å². The summed E-state index contributed by atoms with van der Waals surface area (Å²) in [5.41, 5.74) is 1.20. The minimum absolute atomic E-state index is 0.347. The molecule has 2 rings (SSSR count). The van der Waals surface area contributed by atoms with Crippen LogP contribution in [-0.2, 0) is 4.74 Å². The molecule has 0 aromatic carbocycles. The van der Waals surface area contributed by atoms with Gasteiger partial charge in [-0.3, -0.25) is 0 Å². The normalized spacial score (nSPS) is 20.8. The third-order valence-electron chi connectivity index (χ3n) is 2.83. The van der Waals surface area contributed by atoms with Crippen LogP contribution in [0.15, 0.2) is 16.7 Å². The molecule has 1 atom stereocenters. The molecule has 0 saturated carbocycles. The molecule has 1 aliphatic rings. The Labute approximate surface area is 105 Å². The second-order valence-electron chi connectivity index (χ2n) is 4.19. The van der Waals surface area contributed by atoms with Crippen molar-refractivity contribution in [3.63, 3.8) is 0 Å². The third-order valence-corrected chi connectivity index (χ3v) is 3.66. The summed E-state index contributed by atoms with van der Waals surface area (Å²) < 4.78 is 6.70. The molecule has 1 aromatic rings. The standard InChI is InChI=1S/C12H17BrN2O/c1-9-6-12(15-8-11(9)13)14-7-10-4-2-3-5-16-10/h6,8,10H,2-5,7H2,1H3,(H,14,15). The van der Waals surface area contributed by atoms with Gasteiger partial charge in [0.1, 0.15) is 5.82 Å². The van der Waals surface area contributed by atoms with Gasteiger partial charge < -0.3 is 10.1 Å². The lowest BCUT2D eigenvalue weighted by Crippen LogP contribution is -2.27. The minimum Gasteiger partial charge on any atom is -0.376 e. The average Bonchev–Trinajstić information content (AvgIpc) is 2.32. The molecular weight excluding hydrogens is 268 g/mol. The molecule has 2 heterocycles. The van der Waals surface area contributed by atoms with E-state index < -0.39 is 0 Å². The number of nitrogens with zero attached hydrogens (tertiary/aromatic N) is 1. The summed E-state index contributed by atoms with van der Waals surface area (Å²) in [5, 5.41) is 3.33. The SMILES string of the molecule is Cc1cc(NCC2CCCCO2)ncc1Br. The Morgan fingerprint density at radius 1 is 1.56 bits per heavy atom.